The van der Waals surface area contributed by atoms with Gasteiger partial charge in [-0.15, -0.1) is 11.3 Å². The molecule has 1 heterocycles. The van der Waals surface area contributed by atoms with Crippen LogP contribution in [0.25, 0.3) is 0 Å². The van der Waals surface area contributed by atoms with Crippen molar-refractivity contribution in [3.8, 4) is 0 Å². The van der Waals surface area contributed by atoms with E-state index in [4.69, 9.17) is 17.0 Å². The quantitative estimate of drug-likeness (QED) is 0.234. The van der Waals surface area contributed by atoms with Gasteiger partial charge in [-0.25, -0.2) is 4.79 Å². The number of thiophene rings is 1. The molecule has 0 saturated heterocycles. The number of esters is 1. The number of non-ortho nitro benzene ring substituents is 1. The molecule has 1 aliphatic carbocycles. The minimum atomic E-state index is -0.461. The molecule has 0 radical (unpaired) electrons. The van der Waals surface area contributed by atoms with Crippen LogP contribution >= 0.6 is 23.6 Å². The van der Waals surface area contributed by atoms with Gasteiger partial charge in [-0.1, -0.05) is 12.5 Å². The summed E-state index contributed by atoms with van der Waals surface area (Å²) in [6.45, 7) is 2.09. The number of rotatable bonds is 5. The Morgan fingerprint density at radius 3 is 2.82 bits per heavy atom. The number of hydrogen-bond acceptors (Lipinski definition) is 6. The number of nitrogens with zero attached hydrogens (tertiary/aromatic N) is 1. The lowest BCUT2D eigenvalue weighted by atomic mass is 10.1. The predicted molar refractivity (Wildman–Crippen MR) is 114 cm³/mol. The average Bonchev–Trinajstić information content (AvgIpc) is 2.82. The van der Waals surface area contributed by atoms with Crippen molar-refractivity contribution in [1.82, 2.24) is 0 Å². The van der Waals surface area contributed by atoms with E-state index in [1.165, 1.54) is 28.3 Å². The van der Waals surface area contributed by atoms with Gasteiger partial charge in [0, 0.05) is 22.7 Å². The zero-order valence-electron chi connectivity index (χ0n) is 15.4. The maximum absolute atomic E-state index is 12.6. The normalized spacial score (nSPS) is 13.2. The van der Waals surface area contributed by atoms with E-state index in [1.807, 2.05) is 0 Å². The first-order chi connectivity index (χ1) is 13.5. The standard InChI is InChI=1S/C19H21N3O4S2/c1-2-26-18(23)16-14-9-4-3-5-10-15(14)28-17(16)21-19(27)20-12-7-6-8-13(11-12)22(24)25/h6-8,11H,2-5,9-10H2,1H3,(H2,20,21,27). The summed E-state index contributed by atoms with van der Waals surface area (Å²) in [6.07, 6.45) is 5.10. The molecular formula is C19H21N3O4S2. The average molecular weight is 420 g/mol. The monoisotopic (exact) mass is 419 g/mol. The summed E-state index contributed by atoms with van der Waals surface area (Å²) in [7, 11) is 0. The second kappa shape index (κ2) is 9.11. The summed E-state index contributed by atoms with van der Waals surface area (Å²) in [4.78, 5) is 24.2. The van der Waals surface area contributed by atoms with E-state index in [0.717, 1.165) is 37.7 Å². The van der Waals surface area contributed by atoms with Gasteiger partial charge in [0.05, 0.1) is 17.1 Å². The van der Waals surface area contributed by atoms with Gasteiger partial charge >= 0.3 is 5.97 Å². The van der Waals surface area contributed by atoms with Crippen LogP contribution in [0.1, 0.15) is 47.0 Å². The van der Waals surface area contributed by atoms with E-state index in [0.29, 0.717) is 22.9 Å². The zero-order chi connectivity index (χ0) is 20.1. The SMILES string of the molecule is CCOC(=O)c1c(NC(=S)Nc2cccc([N+](=O)[O-])c2)sc2c1CCCCC2. The Labute approximate surface area is 172 Å². The third kappa shape index (κ3) is 4.66. The molecule has 1 aliphatic rings. The summed E-state index contributed by atoms with van der Waals surface area (Å²) in [5, 5.41) is 17.9. The Morgan fingerprint density at radius 2 is 2.07 bits per heavy atom. The van der Waals surface area contributed by atoms with Crippen LogP contribution in [0.4, 0.5) is 16.4 Å². The molecule has 3 rings (SSSR count). The highest BCUT2D eigenvalue weighted by molar-refractivity contribution is 7.80. The molecule has 0 spiro atoms. The fourth-order valence-electron chi connectivity index (χ4n) is 3.21. The Bertz CT molecular complexity index is 911. The van der Waals surface area contributed by atoms with Crippen molar-refractivity contribution >= 4 is 51.0 Å². The summed E-state index contributed by atoms with van der Waals surface area (Å²) in [6, 6.07) is 6.10. The third-order valence-corrected chi connectivity index (χ3v) is 5.85. The number of ether oxygens (including phenoxy) is 1. The molecule has 0 aliphatic heterocycles. The minimum Gasteiger partial charge on any atom is -0.462 e. The molecule has 0 saturated carbocycles. The number of hydrogen-bond donors (Lipinski definition) is 2. The molecule has 1 aromatic carbocycles. The van der Waals surface area contributed by atoms with Crippen molar-refractivity contribution in [2.24, 2.45) is 0 Å². The number of nitrogens with one attached hydrogen (secondary N) is 2. The van der Waals surface area contributed by atoms with Crippen LogP contribution in [0.15, 0.2) is 24.3 Å². The fraction of sp³-hybridized carbons (Fsp3) is 0.368. The van der Waals surface area contributed by atoms with Gasteiger partial charge in [0.2, 0.25) is 0 Å². The first-order valence-corrected chi connectivity index (χ1v) is 10.4. The third-order valence-electron chi connectivity index (χ3n) is 4.44. The molecule has 0 bridgehead atoms. The highest BCUT2D eigenvalue weighted by Crippen LogP contribution is 2.38. The van der Waals surface area contributed by atoms with Crippen LogP contribution < -0.4 is 10.6 Å². The van der Waals surface area contributed by atoms with Crippen molar-refractivity contribution < 1.29 is 14.5 Å². The van der Waals surface area contributed by atoms with Crippen molar-refractivity contribution in [1.29, 1.82) is 0 Å². The lowest BCUT2D eigenvalue weighted by molar-refractivity contribution is -0.384. The van der Waals surface area contributed by atoms with Gasteiger partial charge in [-0.2, -0.15) is 0 Å². The van der Waals surface area contributed by atoms with Crippen LogP contribution in [0.3, 0.4) is 0 Å². The Morgan fingerprint density at radius 1 is 1.29 bits per heavy atom. The number of carbonyl (C=O) groups is 1. The first kappa shape index (κ1) is 20.2. The largest absolute Gasteiger partial charge is 0.462 e. The molecule has 148 valence electrons. The molecule has 9 heteroatoms. The number of nitro groups is 1. The molecule has 28 heavy (non-hydrogen) atoms. The Hall–Kier alpha value is -2.52. The van der Waals surface area contributed by atoms with E-state index >= 15 is 0 Å². The second-order valence-corrected chi connectivity index (χ2v) is 7.89. The van der Waals surface area contributed by atoms with E-state index in [2.05, 4.69) is 10.6 Å². The number of nitro benzene ring substituents is 1. The van der Waals surface area contributed by atoms with Crippen molar-refractivity contribution in [2.75, 3.05) is 17.2 Å². The molecular weight excluding hydrogens is 398 g/mol. The smallest absolute Gasteiger partial charge is 0.341 e. The molecule has 0 fully saturated rings. The second-order valence-electron chi connectivity index (χ2n) is 6.38. The lowest BCUT2D eigenvalue weighted by Crippen LogP contribution is -2.20. The molecule has 0 amide bonds. The number of anilines is 2. The molecule has 0 atom stereocenters. The highest BCUT2D eigenvalue weighted by Gasteiger charge is 2.26. The number of fused-ring (bicyclic) bond motifs is 1. The Balaban J connectivity index is 1.83. The van der Waals surface area contributed by atoms with E-state index < -0.39 is 4.92 Å². The molecule has 7 nitrogen and oxygen atoms in total. The number of carbonyl (C=O) groups excluding carboxylic acids is 1. The Kier molecular flexibility index (Phi) is 6.58. The predicted octanol–water partition coefficient (Wildman–Crippen LogP) is 4.91. The summed E-state index contributed by atoms with van der Waals surface area (Å²) in [5.41, 5.74) is 2.10. The minimum absolute atomic E-state index is 0.0251. The molecule has 1 aromatic heterocycles. The van der Waals surface area contributed by atoms with E-state index in [-0.39, 0.29) is 16.8 Å². The summed E-state index contributed by atoms with van der Waals surface area (Å²) < 4.78 is 5.26. The zero-order valence-corrected chi connectivity index (χ0v) is 17.1. The fourth-order valence-corrected chi connectivity index (χ4v) is 4.78. The van der Waals surface area contributed by atoms with Crippen LogP contribution in [-0.4, -0.2) is 22.6 Å². The molecule has 0 unspecified atom stereocenters. The van der Waals surface area contributed by atoms with Gasteiger partial charge in [-0.3, -0.25) is 10.1 Å². The van der Waals surface area contributed by atoms with E-state index in [9.17, 15) is 14.9 Å². The van der Waals surface area contributed by atoms with Gasteiger partial charge in [0.15, 0.2) is 5.11 Å². The van der Waals surface area contributed by atoms with Crippen LogP contribution in [0, 0.1) is 10.1 Å². The van der Waals surface area contributed by atoms with Gasteiger partial charge in [-0.05, 0) is 56.5 Å². The topological polar surface area (TPSA) is 93.5 Å². The highest BCUT2D eigenvalue weighted by atomic mass is 32.1. The number of thiocarbonyl (C=S) groups is 1. The summed E-state index contributed by atoms with van der Waals surface area (Å²) in [5.74, 6) is -0.345. The van der Waals surface area contributed by atoms with E-state index in [1.54, 1.807) is 19.1 Å². The number of benzene rings is 1. The maximum atomic E-state index is 12.6. The van der Waals surface area contributed by atoms with Crippen molar-refractivity contribution in [2.45, 2.75) is 39.0 Å². The molecule has 2 N–H and O–H groups in total. The van der Waals surface area contributed by atoms with Crippen LogP contribution in [0.2, 0.25) is 0 Å². The van der Waals surface area contributed by atoms with Crippen molar-refractivity contribution in [3.63, 3.8) is 0 Å². The van der Waals surface area contributed by atoms with Gasteiger partial charge < -0.3 is 15.4 Å². The molecule has 2 aromatic rings. The lowest BCUT2D eigenvalue weighted by Gasteiger charge is -2.11. The van der Waals surface area contributed by atoms with Crippen molar-refractivity contribution in [3.05, 3.63) is 50.4 Å². The van der Waals surface area contributed by atoms with Crippen LogP contribution in [0.5, 0.6) is 0 Å². The number of aryl methyl sites for hydroxylation is 1. The van der Waals surface area contributed by atoms with Crippen LogP contribution in [-0.2, 0) is 17.6 Å². The summed E-state index contributed by atoms with van der Waals surface area (Å²) >= 11 is 6.90. The van der Waals surface area contributed by atoms with Gasteiger partial charge in [0.25, 0.3) is 5.69 Å². The maximum Gasteiger partial charge on any atom is 0.341 e. The first-order valence-electron chi connectivity index (χ1n) is 9.13. The van der Waals surface area contributed by atoms with Gasteiger partial charge in [0.1, 0.15) is 5.00 Å².